The summed E-state index contributed by atoms with van der Waals surface area (Å²) in [5.41, 5.74) is 2.07. The molecule has 0 spiro atoms. The zero-order valence-corrected chi connectivity index (χ0v) is 27.5. The molecule has 6 nitrogen and oxygen atoms in total. The van der Waals surface area contributed by atoms with Gasteiger partial charge in [0, 0.05) is 23.5 Å². The van der Waals surface area contributed by atoms with E-state index in [4.69, 9.17) is 16.1 Å². The topological polar surface area (TPSA) is 92.4 Å². The maximum atomic E-state index is 14.4. The molecular weight excluding hydrogens is 572 g/mol. The lowest BCUT2D eigenvalue weighted by molar-refractivity contribution is -0.232. The van der Waals surface area contributed by atoms with Crippen LogP contribution in [-0.4, -0.2) is 28.1 Å². The SMILES string of the molecule is CC1(C)C(O)CC[C@]2(C)C3C(=O)C=C4C5CC(C(=O)Nc6cc(-c7ccccc7Cl)no6)CCC5CCC4[C@]3(C)CCC12C. The van der Waals surface area contributed by atoms with Crippen LogP contribution in [0, 0.1) is 51.2 Å². The predicted octanol–water partition coefficient (Wildman–Crippen LogP) is 8.49. The van der Waals surface area contributed by atoms with Crippen LogP contribution >= 0.6 is 11.6 Å². The minimum Gasteiger partial charge on any atom is -0.393 e. The number of carbonyl (C=O) groups is 2. The lowest BCUT2D eigenvalue weighted by Gasteiger charge is -2.71. The van der Waals surface area contributed by atoms with E-state index < -0.39 is 0 Å². The van der Waals surface area contributed by atoms with E-state index in [0.717, 1.165) is 56.9 Å². The average Bonchev–Trinajstić information content (AvgIpc) is 3.45. The first kappa shape index (κ1) is 30.2. The maximum Gasteiger partial charge on any atom is 0.231 e. The van der Waals surface area contributed by atoms with Gasteiger partial charge in [0.15, 0.2) is 5.78 Å². The predicted molar refractivity (Wildman–Crippen MR) is 172 cm³/mol. The van der Waals surface area contributed by atoms with Crippen molar-refractivity contribution in [2.24, 2.45) is 51.2 Å². The number of ketones is 1. The quantitative estimate of drug-likeness (QED) is 0.360. The van der Waals surface area contributed by atoms with Crippen LogP contribution in [0.1, 0.15) is 92.4 Å². The average molecular weight is 619 g/mol. The molecule has 7 heteroatoms. The van der Waals surface area contributed by atoms with E-state index in [9.17, 15) is 14.7 Å². The van der Waals surface area contributed by atoms with Crippen molar-refractivity contribution in [3.8, 4) is 11.3 Å². The highest BCUT2D eigenvalue weighted by Gasteiger charge is 2.70. The molecule has 4 saturated carbocycles. The summed E-state index contributed by atoms with van der Waals surface area (Å²) in [5, 5.41) is 18.8. The van der Waals surface area contributed by atoms with E-state index in [1.54, 1.807) is 12.1 Å². The van der Waals surface area contributed by atoms with Crippen LogP contribution < -0.4 is 5.32 Å². The van der Waals surface area contributed by atoms with Crippen molar-refractivity contribution in [2.45, 2.75) is 98.5 Å². The summed E-state index contributed by atoms with van der Waals surface area (Å²) in [7, 11) is 0. The van der Waals surface area contributed by atoms with E-state index >= 15 is 0 Å². The Balaban J connectivity index is 1.13. The van der Waals surface area contributed by atoms with Crippen molar-refractivity contribution in [1.29, 1.82) is 0 Å². The van der Waals surface area contributed by atoms with Crippen LogP contribution in [0.4, 0.5) is 5.88 Å². The number of aliphatic hydroxyl groups is 1. The molecule has 5 aliphatic rings. The van der Waals surface area contributed by atoms with Crippen molar-refractivity contribution in [1.82, 2.24) is 5.16 Å². The molecule has 9 atom stereocenters. The number of aromatic nitrogens is 1. The first-order chi connectivity index (χ1) is 20.8. The number of nitrogens with one attached hydrogen (secondary N) is 1. The molecule has 1 aromatic carbocycles. The largest absolute Gasteiger partial charge is 0.393 e. The number of aliphatic hydroxyl groups excluding tert-OH is 1. The summed E-state index contributed by atoms with van der Waals surface area (Å²) in [6.07, 6.45) is 10.3. The number of nitrogens with zero attached hydrogens (tertiary/aromatic N) is 1. The van der Waals surface area contributed by atoms with Gasteiger partial charge in [-0.1, -0.05) is 75.1 Å². The summed E-state index contributed by atoms with van der Waals surface area (Å²) in [5.74, 6) is 1.57. The molecule has 4 fully saturated rings. The Morgan fingerprint density at radius 2 is 1.77 bits per heavy atom. The van der Waals surface area contributed by atoms with E-state index in [1.165, 1.54) is 12.0 Å². The van der Waals surface area contributed by atoms with E-state index in [-0.39, 0.29) is 51.4 Å². The summed E-state index contributed by atoms with van der Waals surface area (Å²) in [6.45, 7) is 11.6. The van der Waals surface area contributed by atoms with Crippen molar-refractivity contribution >= 4 is 29.2 Å². The molecular formula is C37H47ClN2O4. The number of carbonyl (C=O) groups excluding carboxylic acids is 2. The summed E-state index contributed by atoms with van der Waals surface area (Å²) in [6, 6.07) is 9.17. The smallest absolute Gasteiger partial charge is 0.231 e. The van der Waals surface area contributed by atoms with Gasteiger partial charge < -0.3 is 9.63 Å². The molecule has 44 heavy (non-hydrogen) atoms. The van der Waals surface area contributed by atoms with Gasteiger partial charge in [0.2, 0.25) is 11.8 Å². The number of halogens is 1. The van der Waals surface area contributed by atoms with Gasteiger partial charge in [0.1, 0.15) is 5.69 Å². The standard InChI is InChI=1S/C37H47ClN2O4/c1-34(2)30(42)14-15-36(4)32-29(41)19-25-24-18-22(11-10-21(24)12-13-26(25)35(32,3)16-17-37(34,36)5)33(43)39-31-20-28(40-44-31)23-8-6-7-9-27(23)38/h6-9,19-22,24,26,30,32,42H,10-18H2,1-5H3,(H,39,43)/t21?,22?,24?,26?,30?,32?,35-,36+,37?/m0/s1. The number of allylic oxidation sites excluding steroid dienone is 2. The van der Waals surface area contributed by atoms with Gasteiger partial charge in [0.05, 0.1) is 11.1 Å². The normalized spacial score (nSPS) is 41.0. The summed E-state index contributed by atoms with van der Waals surface area (Å²) in [4.78, 5) is 28.0. The third kappa shape index (κ3) is 4.18. The first-order valence-corrected chi connectivity index (χ1v) is 17.1. The van der Waals surface area contributed by atoms with E-state index in [0.29, 0.717) is 34.2 Å². The number of benzene rings is 1. The van der Waals surface area contributed by atoms with Crippen molar-refractivity contribution in [3.63, 3.8) is 0 Å². The Labute approximate surface area is 266 Å². The van der Waals surface area contributed by atoms with Gasteiger partial charge in [-0.05, 0) is 109 Å². The van der Waals surface area contributed by atoms with E-state index in [1.807, 2.05) is 18.2 Å². The lowest BCUT2D eigenvalue weighted by atomic mass is 9.33. The Morgan fingerprint density at radius 3 is 2.55 bits per heavy atom. The molecule has 2 N–H and O–H groups in total. The minimum atomic E-state index is -0.338. The number of hydrogen-bond donors (Lipinski definition) is 2. The molecule has 0 aliphatic heterocycles. The number of hydrogen-bond acceptors (Lipinski definition) is 5. The highest BCUT2D eigenvalue weighted by molar-refractivity contribution is 6.33. The maximum absolute atomic E-state index is 14.4. The molecule has 1 amide bonds. The van der Waals surface area contributed by atoms with Crippen LogP contribution in [0.15, 0.2) is 46.5 Å². The highest BCUT2D eigenvalue weighted by atomic mass is 35.5. The number of amides is 1. The van der Waals surface area contributed by atoms with Crippen LogP contribution in [0.2, 0.25) is 5.02 Å². The van der Waals surface area contributed by atoms with Crippen molar-refractivity contribution in [2.75, 3.05) is 5.32 Å². The molecule has 1 heterocycles. The van der Waals surface area contributed by atoms with Gasteiger partial charge >= 0.3 is 0 Å². The monoisotopic (exact) mass is 618 g/mol. The van der Waals surface area contributed by atoms with Crippen LogP contribution in [-0.2, 0) is 9.59 Å². The summed E-state index contributed by atoms with van der Waals surface area (Å²) < 4.78 is 5.48. The molecule has 5 aliphatic carbocycles. The second-order valence-electron chi connectivity index (χ2n) is 16.1. The molecule has 0 bridgehead atoms. The second kappa shape index (κ2) is 10.3. The zero-order chi connectivity index (χ0) is 31.2. The lowest BCUT2D eigenvalue weighted by Crippen LogP contribution is -2.68. The van der Waals surface area contributed by atoms with Gasteiger partial charge in [-0.3, -0.25) is 14.9 Å². The van der Waals surface area contributed by atoms with Crippen LogP contribution in [0.25, 0.3) is 11.3 Å². The third-order valence-electron chi connectivity index (χ3n) is 14.2. The molecule has 7 unspecified atom stereocenters. The Bertz CT molecular complexity index is 1530. The zero-order valence-electron chi connectivity index (χ0n) is 26.8. The van der Waals surface area contributed by atoms with Crippen molar-refractivity contribution in [3.05, 3.63) is 47.0 Å². The number of anilines is 1. The molecule has 0 radical (unpaired) electrons. The van der Waals surface area contributed by atoms with Gasteiger partial charge in [-0.15, -0.1) is 0 Å². The minimum absolute atomic E-state index is 0.0349. The van der Waals surface area contributed by atoms with Gasteiger partial charge in [-0.2, -0.15) is 0 Å². The fraction of sp³-hybridized carbons (Fsp3) is 0.649. The van der Waals surface area contributed by atoms with Gasteiger partial charge in [-0.25, -0.2) is 0 Å². The Kier molecular flexibility index (Phi) is 7.07. The number of fused-ring (bicyclic) bond motifs is 7. The molecule has 0 saturated heterocycles. The number of rotatable bonds is 3. The highest BCUT2D eigenvalue weighted by Crippen LogP contribution is 2.74. The van der Waals surface area contributed by atoms with E-state index in [2.05, 4.69) is 51.2 Å². The third-order valence-corrected chi connectivity index (χ3v) is 14.6. The fourth-order valence-electron chi connectivity index (χ4n) is 11.2. The second-order valence-corrected chi connectivity index (χ2v) is 16.5. The molecule has 1 aromatic heterocycles. The fourth-order valence-corrected chi connectivity index (χ4v) is 11.4. The molecule has 2 aromatic rings. The molecule has 7 rings (SSSR count). The van der Waals surface area contributed by atoms with Crippen LogP contribution in [0.3, 0.4) is 0 Å². The van der Waals surface area contributed by atoms with Crippen LogP contribution in [0.5, 0.6) is 0 Å². The first-order valence-electron chi connectivity index (χ1n) is 16.8. The summed E-state index contributed by atoms with van der Waals surface area (Å²) >= 11 is 6.34. The Morgan fingerprint density at radius 1 is 1.02 bits per heavy atom. The molecule has 236 valence electrons. The van der Waals surface area contributed by atoms with Gasteiger partial charge in [0.25, 0.3) is 0 Å². The van der Waals surface area contributed by atoms with Crippen molar-refractivity contribution < 1.29 is 19.2 Å². The Hall–Kier alpha value is -2.44.